The number of fused-ring (bicyclic) bond motifs is 1. The Kier molecular flexibility index (Phi) is 4.55. The van der Waals surface area contributed by atoms with Gasteiger partial charge in [-0.2, -0.15) is 5.10 Å². The van der Waals surface area contributed by atoms with E-state index in [0.29, 0.717) is 6.42 Å². The summed E-state index contributed by atoms with van der Waals surface area (Å²) in [6.07, 6.45) is 6.62. The molecular weight excluding hydrogens is 290 g/mol. The maximum absolute atomic E-state index is 11.6. The zero-order valence-electron chi connectivity index (χ0n) is 14.1. The average molecular weight is 315 g/mol. The van der Waals surface area contributed by atoms with Crippen LogP contribution in [0.2, 0.25) is 0 Å². The molecule has 5 heteroatoms. The topological polar surface area (TPSA) is 67.0 Å². The maximum atomic E-state index is 11.6. The van der Waals surface area contributed by atoms with Crippen LogP contribution in [-0.2, 0) is 4.79 Å². The highest BCUT2D eigenvalue weighted by atomic mass is 16.5. The number of nitrogens with zero attached hydrogens (tertiary/aromatic N) is 1. The Morgan fingerprint density at radius 2 is 2.26 bits per heavy atom. The van der Waals surface area contributed by atoms with Crippen molar-refractivity contribution in [2.45, 2.75) is 65.0 Å². The van der Waals surface area contributed by atoms with Crippen molar-refractivity contribution in [3.05, 3.63) is 23.4 Å². The fourth-order valence-electron chi connectivity index (χ4n) is 3.40. The largest absolute Gasteiger partial charge is 0.490 e. The third-order valence-electron chi connectivity index (χ3n) is 4.76. The van der Waals surface area contributed by atoms with E-state index in [4.69, 9.17) is 4.74 Å². The summed E-state index contributed by atoms with van der Waals surface area (Å²) >= 11 is 0. The maximum Gasteiger partial charge on any atom is 0.219 e. The molecule has 1 aliphatic rings. The minimum Gasteiger partial charge on any atom is -0.490 e. The van der Waals surface area contributed by atoms with E-state index in [1.54, 1.807) is 0 Å². The number of nitrogens with one attached hydrogen (secondary N) is 2. The van der Waals surface area contributed by atoms with E-state index in [1.807, 2.05) is 13.1 Å². The van der Waals surface area contributed by atoms with Gasteiger partial charge in [-0.3, -0.25) is 9.89 Å². The normalized spacial score (nSPS) is 21.3. The van der Waals surface area contributed by atoms with Crippen LogP contribution in [0.5, 0.6) is 5.75 Å². The van der Waals surface area contributed by atoms with Crippen LogP contribution in [0.1, 0.15) is 50.2 Å². The van der Waals surface area contributed by atoms with Crippen molar-refractivity contribution >= 4 is 16.8 Å². The summed E-state index contributed by atoms with van der Waals surface area (Å²) in [6, 6.07) is 2.32. The molecule has 0 spiro atoms. The smallest absolute Gasteiger partial charge is 0.219 e. The molecule has 5 nitrogen and oxygen atoms in total. The minimum atomic E-state index is 0.127. The third-order valence-corrected chi connectivity index (χ3v) is 4.76. The van der Waals surface area contributed by atoms with Gasteiger partial charge in [-0.15, -0.1) is 0 Å². The number of ether oxygens (including phenoxy) is 1. The van der Waals surface area contributed by atoms with Crippen molar-refractivity contribution in [3.8, 4) is 5.75 Å². The first-order chi connectivity index (χ1) is 11.1. The predicted octanol–water partition coefficient (Wildman–Crippen LogP) is 3.40. The Labute approximate surface area is 136 Å². The van der Waals surface area contributed by atoms with Crippen LogP contribution in [-0.4, -0.2) is 28.3 Å². The van der Waals surface area contributed by atoms with E-state index in [9.17, 15) is 4.79 Å². The van der Waals surface area contributed by atoms with Crippen molar-refractivity contribution in [1.29, 1.82) is 0 Å². The summed E-state index contributed by atoms with van der Waals surface area (Å²) in [5, 5.41) is 11.4. The van der Waals surface area contributed by atoms with Gasteiger partial charge in [0.05, 0.1) is 11.7 Å². The fourth-order valence-corrected chi connectivity index (χ4v) is 3.40. The molecule has 1 aliphatic carbocycles. The van der Waals surface area contributed by atoms with Gasteiger partial charge in [-0.1, -0.05) is 6.92 Å². The minimum absolute atomic E-state index is 0.127. The Morgan fingerprint density at radius 3 is 3.04 bits per heavy atom. The fraction of sp³-hybridized carbons (Fsp3) is 0.556. The number of aryl methyl sites for hydroxylation is 2. The second-order valence-electron chi connectivity index (χ2n) is 6.50. The van der Waals surface area contributed by atoms with E-state index in [1.165, 1.54) is 0 Å². The second kappa shape index (κ2) is 6.60. The van der Waals surface area contributed by atoms with Crippen LogP contribution in [0.4, 0.5) is 0 Å². The van der Waals surface area contributed by atoms with Crippen molar-refractivity contribution in [3.63, 3.8) is 0 Å². The standard InChI is InChI=1S/C18H25N3O2/c1-4-17(22)20-13-6-5-7-14(9-13)23-16-8-11(2)18-15(12(16)3)10-19-21-18/h8,10,13-14H,4-7,9H2,1-3H3,(H,19,21)(H,20,22)/t13-,14+/m1/s1. The Hall–Kier alpha value is -2.04. The molecule has 1 aromatic carbocycles. The first-order valence-corrected chi connectivity index (χ1v) is 8.47. The molecule has 0 saturated heterocycles. The number of aromatic amines is 1. The number of carbonyl (C=O) groups is 1. The number of aromatic nitrogens is 2. The van der Waals surface area contributed by atoms with Crippen LogP contribution in [0.25, 0.3) is 10.9 Å². The van der Waals surface area contributed by atoms with Gasteiger partial charge in [-0.25, -0.2) is 0 Å². The number of benzene rings is 1. The summed E-state index contributed by atoms with van der Waals surface area (Å²) in [5.41, 5.74) is 3.34. The quantitative estimate of drug-likeness (QED) is 0.908. The Balaban J connectivity index is 1.74. The average Bonchev–Trinajstić information content (AvgIpc) is 3.03. The molecule has 1 amide bonds. The molecule has 0 radical (unpaired) electrons. The first kappa shape index (κ1) is 15.8. The number of carbonyl (C=O) groups excluding carboxylic acids is 1. The number of amides is 1. The molecule has 124 valence electrons. The molecular formula is C18H25N3O2. The molecule has 1 saturated carbocycles. The summed E-state index contributed by atoms with van der Waals surface area (Å²) in [7, 11) is 0. The lowest BCUT2D eigenvalue weighted by molar-refractivity contribution is -0.121. The van der Waals surface area contributed by atoms with Crippen molar-refractivity contribution in [1.82, 2.24) is 15.5 Å². The molecule has 0 unspecified atom stereocenters. The Morgan fingerprint density at radius 1 is 1.43 bits per heavy atom. The highest BCUT2D eigenvalue weighted by Gasteiger charge is 2.25. The Bertz CT molecular complexity index is 708. The zero-order chi connectivity index (χ0) is 16.4. The lowest BCUT2D eigenvalue weighted by Crippen LogP contribution is -2.41. The summed E-state index contributed by atoms with van der Waals surface area (Å²) < 4.78 is 6.30. The van der Waals surface area contributed by atoms with Gasteiger partial charge in [0.1, 0.15) is 11.9 Å². The molecule has 0 bridgehead atoms. The molecule has 2 atom stereocenters. The molecule has 1 heterocycles. The molecule has 1 aromatic heterocycles. The number of H-pyrrole nitrogens is 1. The van der Waals surface area contributed by atoms with Crippen LogP contribution in [0, 0.1) is 13.8 Å². The molecule has 23 heavy (non-hydrogen) atoms. The lowest BCUT2D eigenvalue weighted by atomic mass is 9.92. The SMILES string of the molecule is CCC(=O)N[C@@H]1CCC[C@H](Oc2cc(C)c3[nH]ncc3c2C)C1. The summed E-state index contributed by atoms with van der Waals surface area (Å²) in [4.78, 5) is 11.6. The van der Waals surface area contributed by atoms with Crippen LogP contribution < -0.4 is 10.1 Å². The molecule has 2 N–H and O–H groups in total. The van der Waals surface area contributed by atoms with E-state index in [0.717, 1.165) is 53.5 Å². The highest BCUT2D eigenvalue weighted by Crippen LogP contribution is 2.32. The molecule has 1 fully saturated rings. The van der Waals surface area contributed by atoms with E-state index >= 15 is 0 Å². The first-order valence-electron chi connectivity index (χ1n) is 8.47. The van der Waals surface area contributed by atoms with E-state index < -0.39 is 0 Å². The molecule has 3 rings (SSSR count). The van der Waals surface area contributed by atoms with Crippen molar-refractivity contribution < 1.29 is 9.53 Å². The number of hydrogen-bond donors (Lipinski definition) is 2. The van der Waals surface area contributed by atoms with Gasteiger partial charge < -0.3 is 10.1 Å². The van der Waals surface area contributed by atoms with Gasteiger partial charge in [0, 0.05) is 29.8 Å². The van der Waals surface area contributed by atoms with Gasteiger partial charge in [0.15, 0.2) is 0 Å². The second-order valence-corrected chi connectivity index (χ2v) is 6.50. The van der Waals surface area contributed by atoms with Crippen LogP contribution in [0.3, 0.4) is 0 Å². The van der Waals surface area contributed by atoms with E-state index in [-0.39, 0.29) is 18.1 Å². The summed E-state index contributed by atoms with van der Waals surface area (Å²) in [6.45, 7) is 6.03. The number of rotatable bonds is 4. The van der Waals surface area contributed by atoms with Crippen molar-refractivity contribution in [2.75, 3.05) is 0 Å². The summed E-state index contributed by atoms with van der Waals surface area (Å²) in [5.74, 6) is 1.06. The monoisotopic (exact) mass is 315 g/mol. The highest BCUT2D eigenvalue weighted by molar-refractivity contribution is 5.86. The molecule has 0 aliphatic heterocycles. The van der Waals surface area contributed by atoms with Gasteiger partial charge in [-0.05, 0) is 44.7 Å². The lowest BCUT2D eigenvalue weighted by Gasteiger charge is -2.30. The van der Waals surface area contributed by atoms with E-state index in [2.05, 4.69) is 35.4 Å². The van der Waals surface area contributed by atoms with Crippen LogP contribution in [0.15, 0.2) is 12.3 Å². The van der Waals surface area contributed by atoms with Crippen LogP contribution >= 0.6 is 0 Å². The third kappa shape index (κ3) is 3.33. The van der Waals surface area contributed by atoms with Crippen molar-refractivity contribution in [2.24, 2.45) is 0 Å². The number of hydrogen-bond acceptors (Lipinski definition) is 3. The zero-order valence-corrected chi connectivity index (χ0v) is 14.1. The van der Waals surface area contributed by atoms with Gasteiger partial charge in [0.2, 0.25) is 5.91 Å². The van der Waals surface area contributed by atoms with Gasteiger partial charge in [0.25, 0.3) is 0 Å². The molecule has 2 aromatic rings. The van der Waals surface area contributed by atoms with Gasteiger partial charge >= 0.3 is 0 Å². The predicted molar refractivity (Wildman–Crippen MR) is 90.7 cm³/mol.